The van der Waals surface area contributed by atoms with E-state index in [1.807, 2.05) is 42.6 Å². The standard InChI is InChI=1S/C26H24FN3O/c27-22-9-6-19(7-10-22)16-23-4-1-5-25(29-23)26-18-30(13-14-31-26)17-20-8-11-24-21(15-20)3-2-12-28-24/h1-12,15,26H,13-14,16-18H2/t26-/m1/s1. The first-order valence-electron chi connectivity index (χ1n) is 10.6. The van der Waals surface area contributed by atoms with Crippen molar-refractivity contribution in [2.24, 2.45) is 0 Å². The van der Waals surface area contributed by atoms with Crippen LogP contribution in [0.4, 0.5) is 4.39 Å². The van der Waals surface area contributed by atoms with Crippen molar-refractivity contribution in [1.82, 2.24) is 14.9 Å². The maximum absolute atomic E-state index is 13.2. The van der Waals surface area contributed by atoms with E-state index >= 15 is 0 Å². The summed E-state index contributed by atoms with van der Waals surface area (Å²) in [5, 5.41) is 1.17. The Morgan fingerprint density at radius 1 is 0.968 bits per heavy atom. The van der Waals surface area contributed by atoms with Crippen LogP contribution in [0.25, 0.3) is 10.9 Å². The van der Waals surface area contributed by atoms with Crippen LogP contribution in [0.5, 0.6) is 0 Å². The van der Waals surface area contributed by atoms with Crippen LogP contribution in [0.1, 0.15) is 28.6 Å². The van der Waals surface area contributed by atoms with Crippen LogP contribution >= 0.6 is 0 Å². The summed E-state index contributed by atoms with van der Waals surface area (Å²) in [5.74, 6) is -0.219. The Morgan fingerprint density at radius 3 is 2.74 bits per heavy atom. The molecule has 3 heterocycles. The van der Waals surface area contributed by atoms with Crippen molar-refractivity contribution in [3.63, 3.8) is 0 Å². The second-order valence-corrected chi connectivity index (χ2v) is 7.98. The van der Waals surface area contributed by atoms with Crippen molar-refractivity contribution in [3.8, 4) is 0 Å². The molecule has 0 amide bonds. The molecular formula is C26H24FN3O. The molecule has 0 N–H and O–H groups in total. The summed E-state index contributed by atoms with van der Waals surface area (Å²) in [5.41, 5.74) is 5.26. The largest absolute Gasteiger partial charge is 0.369 e. The van der Waals surface area contributed by atoms with Crippen LogP contribution in [0.2, 0.25) is 0 Å². The number of rotatable bonds is 5. The average molecular weight is 413 g/mol. The van der Waals surface area contributed by atoms with Gasteiger partial charge in [-0.2, -0.15) is 0 Å². The van der Waals surface area contributed by atoms with E-state index in [1.54, 1.807) is 0 Å². The Hall–Kier alpha value is -3.15. The molecule has 4 aromatic rings. The van der Waals surface area contributed by atoms with Gasteiger partial charge >= 0.3 is 0 Å². The molecule has 1 aliphatic rings. The molecule has 0 saturated carbocycles. The number of benzene rings is 2. The first-order chi connectivity index (χ1) is 15.2. The topological polar surface area (TPSA) is 38.2 Å². The van der Waals surface area contributed by atoms with Gasteiger partial charge in [0.2, 0.25) is 0 Å². The first kappa shape index (κ1) is 19.8. The minimum atomic E-state index is -0.219. The van der Waals surface area contributed by atoms with E-state index in [0.29, 0.717) is 13.0 Å². The number of morpholine rings is 1. The van der Waals surface area contributed by atoms with E-state index in [2.05, 4.69) is 34.1 Å². The highest BCUT2D eigenvalue weighted by Gasteiger charge is 2.23. The summed E-state index contributed by atoms with van der Waals surface area (Å²) in [6.45, 7) is 3.26. The first-order valence-corrected chi connectivity index (χ1v) is 10.6. The van der Waals surface area contributed by atoms with E-state index in [4.69, 9.17) is 9.72 Å². The quantitative estimate of drug-likeness (QED) is 0.465. The molecule has 156 valence electrons. The smallest absolute Gasteiger partial charge is 0.123 e. The lowest BCUT2D eigenvalue weighted by Gasteiger charge is -2.32. The van der Waals surface area contributed by atoms with Crippen molar-refractivity contribution in [1.29, 1.82) is 0 Å². The number of ether oxygens (including phenoxy) is 1. The number of aromatic nitrogens is 2. The van der Waals surface area contributed by atoms with E-state index in [-0.39, 0.29) is 11.9 Å². The molecule has 0 aliphatic carbocycles. The fourth-order valence-corrected chi connectivity index (χ4v) is 4.09. The monoisotopic (exact) mass is 413 g/mol. The second-order valence-electron chi connectivity index (χ2n) is 7.98. The lowest BCUT2D eigenvalue weighted by Crippen LogP contribution is -2.38. The Morgan fingerprint density at radius 2 is 1.84 bits per heavy atom. The van der Waals surface area contributed by atoms with Crippen molar-refractivity contribution in [3.05, 3.63) is 107 Å². The summed E-state index contributed by atoms with van der Waals surface area (Å²) in [6.07, 6.45) is 2.45. The zero-order valence-corrected chi connectivity index (χ0v) is 17.2. The fourth-order valence-electron chi connectivity index (χ4n) is 4.09. The Kier molecular flexibility index (Phi) is 5.69. The third-order valence-electron chi connectivity index (χ3n) is 5.68. The maximum Gasteiger partial charge on any atom is 0.123 e. The molecule has 2 aromatic carbocycles. The summed E-state index contributed by atoms with van der Waals surface area (Å²) < 4.78 is 19.2. The molecule has 31 heavy (non-hydrogen) atoms. The maximum atomic E-state index is 13.2. The molecule has 2 aromatic heterocycles. The average Bonchev–Trinajstić information content (AvgIpc) is 2.81. The normalized spacial score (nSPS) is 17.1. The molecule has 4 nitrogen and oxygen atoms in total. The van der Waals surface area contributed by atoms with Crippen LogP contribution in [-0.4, -0.2) is 34.6 Å². The molecule has 1 saturated heterocycles. The van der Waals surface area contributed by atoms with E-state index in [1.165, 1.54) is 23.1 Å². The van der Waals surface area contributed by atoms with Crippen LogP contribution in [0, 0.1) is 5.82 Å². The van der Waals surface area contributed by atoms with Gasteiger partial charge in [-0.1, -0.05) is 30.3 Å². The zero-order chi connectivity index (χ0) is 21.0. The zero-order valence-electron chi connectivity index (χ0n) is 17.2. The van der Waals surface area contributed by atoms with Gasteiger partial charge in [0, 0.05) is 43.3 Å². The van der Waals surface area contributed by atoms with Crippen LogP contribution < -0.4 is 0 Å². The van der Waals surface area contributed by atoms with Gasteiger partial charge in [-0.05, 0) is 53.6 Å². The molecule has 1 atom stereocenters. The molecule has 5 heteroatoms. The third-order valence-corrected chi connectivity index (χ3v) is 5.68. The molecule has 1 fully saturated rings. The van der Waals surface area contributed by atoms with Crippen LogP contribution in [0.15, 0.2) is 79.0 Å². The Labute approximate surface area is 181 Å². The third kappa shape index (κ3) is 4.79. The van der Waals surface area contributed by atoms with Gasteiger partial charge in [0.1, 0.15) is 11.9 Å². The SMILES string of the molecule is Fc1ccc(Cc2cccc([C@H]3CN(Cc4ccc5ncccc5c4)CCO3)n2)cc1. The number of fused-ring (bicyclic) bond motifs is 1. The van der Waals surface area contributed by atoms with Gasteiger partial charge in [-0.15, -0.1) is 0 Å². The minimum absolute atomic E-state index is 0.0518. The van der Waals surface area contributed by atoms with Crippen molar-refractivity contribution < 1.29 is 9.13 Å². The van der Waals surface area contributed by atoms with Crippen molar-refractivity contribution in [2.45, 2.75) is 19.1 Å². The van der Waals surface area contributed by atoms with Gasteiger partial charge in [0.15, 0.2) is 0 Å². The van der Waals surface area contributed by atoms with Crippen LogP contribution in [-0.2, 0) is 17.7 Å². The molecule has 0 unspecified atom stereocenters. The van der Waals surface area contributed by atoms with E-state index < -0.39 is 0 Å². The molecular weight excluding hydrogens is 389 g/mol. The highest BCUT2D eigenvalue weighted by molar-refractivity contribution is 5.78. The number of pyridine rings is 2. The summed E-state index contributed by atoms with van der Waals surface area (Å²) >= 11 is 0. The van der Waals surface area contributed by atoms with E-state index in [0.717, 1.165) is 42.1 Å². The summed E-state index contributed by atoms with van der Waals surface area (Å²) in [4.78, 5) is 11.7. The van der Waals surface area contributed by atoms with Gasteiger partial charge in [0.05, 0.1) is 17.8 Å². The lowest BCUT2D eigenvalue weighted by molar-refractivity contribution is -0.0350. The highest BCUT2D eigenvalue weighted by Crippen LogP contribution is 2.23. The highest BCUT2D eigenvalue weighted by atomic mass is 19.1. The summed E-state index contributed by atoms with van der Waals surface area (Å²) in [6, 6.07) is 23.2. The van der Waals surface area contributed by atoms with Crippen molar-refractivity contribution >= 4 is 10.9 Å². The van der Waals surface area contributed by atoms with Gasteiger partial charge in [-0.3, -0.25) is 14.9 Å². The summed E-state index contributed by atoms with van der Waals surface area (Å²) in [7, 11) is 0. The van der Waals surface area contributed by atoms with Gasteiger partial charge < -0.3 is 4.74 Å². The Balaban J connectivity index is 1.27. The Bertz CT molecular complexity index is 1180. The molecule has 0 radical (unpaired) electrons. The van der Waals surface area contributed by atoms with Gasteiger partial charge in [0.25, 0.3) is 0 Å². The molecule has 0 bridgehead atoms. The fraction of sp³-hybridized carbons (Fsp3) is 0.231. The van der Waals surface area contributed by atoms with E-state index in [9.17, 15) is 4.39 Å². The molecule has 5 rings (SSSR count). The number of nitrogens with zero attached hydrogens (tertiary/aromatic N) is 3. The lowest BCUT2D eigenvalue weighted by atomic mass is 10.1. The number of hydrogen-bond donors (Lipinski definition) is 0. The predicted octanol–water partition coefficient (Wildman–Crippen LogP) is 4.93. The number of hydrogen-bond acceptors (Lipinski definition) is 4. The molecule has 0 spiro atoms. The minimum Gasteiger partial charge on any atom is -0.369 e. The second kappa shape index (κ2) is 8.92. The number of halogens is 1. The van der Waals surface area contributed by atoms with Crippen LogP contribution in [0.3, 0.4) is 0 Å². The van der Waals surface area contributed by atoms with Crippen molar-refractivity contribution in [2.75, 3.05) is 19.7 Å². The van der Waals surface area contributed by atoms with Gasteiger partial charge in [-0.25, -0.2) is 4.39 Å². The predicted molar refractivity (Wildman–Crippen MR) is 119 cm³/mol. The molecule has 1 aliphatic heterocycles.